The van der Waals surface area contributed by atoms with Crippen LogP contribution in [-0.4, -0.2) is 21.4 Å². The minimum Gasteiger partial charge on any atom is -0.542 e. The van der Waals surface area contributed by atoms with Gasteiger partial charge in [0.05, 0.1) is 11.6 Å². The fraction of sp³-hybridized carbons (Fsp3) is 0.533. The predicted molar refractivity (Wildman–Crippen MR) is 95.7 cm³/mol. The molecular formula is C15H22Br2O3Si. The van der Waals surface area contributed by atoms with Gasteiger partial charge in [0.2, 0.25) is 0 Å². The Hall–Kier alpha value is -0.333. The zero-order chi connectivity index (χ0) is 16.6. The number of ether oxygens (including phenoxy) is 1. The summed E-state index contributed by atoms with van der Waals surface area (Å²) in [7, 11) is -0.679. The van der Waals surface area contributed by atoms with E-state index in [4.69, 9.17) is 9.16 Å². The molecular weight excluding hydrogens is 416 g/mol. The first-order valence-electron chi connectivity index (χ1n) is 6.68. The Morgan fingerprint density at radius 3 is 2.14 bits per heavy atom. The number of hydrogen-bond donors (Lipinski definition) is 0. The third-order valence-electron chi connectivity index (χ3n) is 3.98. The number of benzene rings is 1. The van der Waals surface area contributed by atoms with Gasteiger partial charge in [0, 0.05) is 4.47 Å². The van der Waals surface area contributed by atoms with Gasteiger partial charge in [0.25, 0.3) is 8.32 Å². The Bertz CT molecular complexity index is 563. The third-order valence-corrected chi connectivity index (χ3v) is 9.72. The lowest BCUT2D eigenvalue weighted by molar-refractivity contribution is 0.0597. The molecule has 0 saturated carbocycles. The maximum atomic E-state index is 12.2. The van der Waals surface area contributed by atoms with Crippen LogP contribution >= 0.6 is 31.9 Å². The van der Waals surface area contributed by atoms with Crippen molar-refractivity contribution in [1.29, 1.82) is 0 Å². The average Bonchev–Trinajstić information content (AvgIpc) is 2.34. The standard InChI is InChI=1S/C15H22Br2O3Si/c1-9-10(16)8-11(17)13(12(9)14(18)19-5)20-21(6,7)15(2,3)4/h8H,1-7H3. The largest absolute Gasteiger partial charge is 0.542 e. The molecule has 0 spiro atoms. The highest BCUT2D eigenvalue weighted by atomic mass is 79.9. The van der Waals surface area contributed by atoms with E-state index < -0.39 is 8.32 Å². The molecule has 0 bridgehead atoms. The molecule has 6 heteroatoms. The number of rotatable bonds is 3. The Morgan fingerprint density at radius 2 is 1.71 bits per heavy atom. The van der Waals surface area contributed by atoms with Crippen LogP contribution < -0.4 is 4.43 Å². The van der Waals surface area contributed by atoms with E-state index in [1.807, 2.05) is 13.0 Å². The summed E-state index contributed by atoms with van der Waals surface area (Å²) in [5.41, 5.74) is 1.29. The molecule has 0 radical (unpaired) electrons. The van der Waals surface area contributed by atoms with Gasteiger partial charge in [0.1, 0.15) is 11.3 Å². The molecule has 0 saturated heterocycles. The summed E-state index contributed by atoms with van der Waals surface area (Å²) in [4.78, 5) is 12.2. The van der Waals surface area contributed by atoms with Crippen molar-refractivity contribution in [3.05, 3.63) is 26.1 Å². The molecule has 3 nitrogen and oxygen atoms in total. The first-order valence-corrected chi connectivity index (χ1v) is 11.2. The van der Waals surface area contributed by atoms with Crippen molar-refractivity contribution in [3.8, 4) is 5.75 Å². The van der Waals surface area contributed by atoms with E-state index in [0.29, 0.717) is 11.3 Å². The second kappa shape index (κ2) is 6.42. The van der Waals surface area contributed by atoms with Crippen LogP contribution in [0.2, 0.25) is 18.1 Å². The van der Waals surface area contributed by atoms with Crippen molar-refractivity contribution in [1.82, 2.24) is 0 Å². The van der Waals surface area contributed by atoms with E-state index in [2.05, 4.69) is 65.7 Å². The second-order valence-corrected chi connectivity index (χ2v) is 13.0. The van der Waals surface area contributed by atoms with Crippen LogP contribution in [0.15, 0.2) is 15.0 Å². The minimum absolute atomic E-state index is 0.0425. The molecule has 0 heterocycles. The maximum absolute atomic E-state index is 12.2. The molecule has 21 heavy (non-hydrogen) atoms. The van der Waals surface area contributed by atoms with Gasteiger partial charge in [-0.05, 0) is 52.6 Å². The lowest BCUT2D eigenvalue weighted by Crippen LogP contribution is -2.44. The van der Waals surface area contributed by atoms with E-state index in [1.165, 1.54) is 7.11 Å². The molecule has 0 aliphatic heterocycles. The summed E-state index contributed by atoms with van der Waals surface area (Å²) in [6, 6.07) is 1.91. The highest BCUT2D eigenvalue weighted by Gasteiger charge is 2.40. The maximum Gasteiger partial charge on any atom is 0.341 e. The van der Waals surface area contributed by atoms with Crippen LogP contribution in [0.3, 0.4) is 0 Å². The van der Waals surface area contributed by atoms with Crippen molar-refractivity contribution in [3.63, 3.8) is 0 Å². The fourth-order valence-electron chi connectivity index (χ4n) is 1.55. The molecule has 1 aromatic rings. The lowest BCUT2D eigenvalue weighted by atomic mass is 10.1. The van der Waals surface area contributed by atoms with Crippen LogP contribution in [0.25, 0.3) is 0 Å². The number of hydrogen-bond acceptors (Lipinski definition) is 3. The molecule has 0 atom stereocenters. The highest BCUT2D eigenvalue weighted by Crippen LogP contribution is 2.43. The van der Waals surface area contributed by atoms with Gasteiger partial charge in [-0.2, -0.15) is 0 Å². The summed E-state index contributed by atoms with van der Waals surface area (Å²) in [5, 5.41) is 0.0425. The Balaban J connectivity index is 3.49. The fourth-order valence-corrected chi connectivity index (χ4v) is 3.97. The Morgan fingerprint density at radius 1 is 1.19 bits per heavy atom. The van der Waals surface area contributed by atoms with Gasteiger partial charge in [-0.1, -0.05) is 36.7 Å². The topological polar surface area (TPSA) is 35.5 Å². The number of esters is 1. The zero-order valence-electron chi connectivity index (χ0n) is 13.6. The molecule has 0 unspecified atom stereocenters. The van der Waals surface area contributed by atoms with E-state index in [0.717, 1.165) is 14.5 Å². The van der Waals surface area contributed by atoms with Crippen molar-refractivity contribution in [2.45, 2.75) is 45.8 Å². The molecule has 0 aliphatic rings. The normalized spacial score (nSPS) is 12.2. The molecule has 118 valence electrons. The molecule has 1 rings (SSSR count). The average molecular weight is 438 g/mol. The quantitative estimate of drug-likeness (QED) is 0.449. The molecule has 1 aromatic carbocycles. The van der Waals surface area contributed by atoms with E-state index >= 15 is 0 Å². The molecule has 0 N–H and O–H groups in total. The van der Waals surface area contributed by atoms with Crippen molar-refractivity contribution in [2.75, 3.05) is 7.11 Å². The number of methoxy groups -OCH3 is 1. The number of carbonyl (C=O) groups excluding carboxylic acids is 1. The van der Waals surface area contributed by atoms with Gasteiger partial charge in [-0.25, -0.2) is 4.79 Å². The monoisotopic (exact) mass is 436 g/mol. The SMILES string of the molecule is COC(=O)c1c(C)c(Br)cc(Br)c1O[Si](C)(C)C(C)(C)C. The van der Waals surface area contributed by atoms with Crippen LogP contribution in [0.5, 0.6) is 5.75 Å². The Labute approximate surface area is 144 Å². The van der Waals surface area contributed by atoms with Gasteiger partial charge in [0.15, 0.2) is 0 Å². The predicted octanol–water partition coefficient (Wildman–Crippen LogP) is 5.69. The first-order chi connectivity index (χ1) is 9.42. The van der Waals surface area contributed by atoms with E-state index in [9.17, 15) is 4.79 Å². The zero-order valence-corrected chi connectivity index (χ0v) is 17.7. The van der Waals surface area contributed by atoms with Gasteiger partial charge in [-0.15, -0.1) is 0 Å². The van der Waals surface area contributed by atoms with Crippen LogP contribution in [0.4, 0.5) is 0 Å². The van der Waals surface area contributed by atoms with Crippen LogP contribution in [0.1, 0.15) is 36.7 Å². The number of halogens is 2. The summed E-state index contributed by atoms with van der Waals surface area (Å²) < 4.78 is 12.9. The van der Waals surface area contributed by atoms with E-state index in [1.54, 1.807) is 0 Å². The summed E-state index contributed by atoms with van der Waals surface area (Å²) in [6.45, 7) is 12.7. The molecule has 0 fully saturated rings. The summed E-state index contributed by atoms with van der Waals surface area (Å²) >= 11 is 6.97. The van der Waals surface area contributed by atoms with E-state index in [-0.39, 0.29) is 11.0 Å². The van der Waals surface area contributed by atoms with Gasteiger partial charge >= 0.3 is 5.97 Å². The second-order valence-electron chi connectivity index (χ2n) is 6.52. The summed E-state index contributed by atoms with van der Waals surface area (Å²) in [5.74, 6) is 0.192. The van der Waals surface area contributed by atoms with Gasteiger partial charge in [-0.3, -0.25) is 0 Å². The molecule has 0 amide bonds. The van der Waals surface area contributed by atoms with Crippen molar-refractivity contribution in [2.24, 2.45) is 0 Å². The van der Waals surface area contributed by atoms with Crippen molar-refractivity contribution < 1.29 is 14.0 Å². The van der Waals surface area contributed by atoms with Crippen LogP contribution in [0, 0.1) is 6.92 Å². The minimum atomic E-state index is -2.06. The molecule has 0 aromatic heterocycles. The van der Waals surface area contributed by atoms with Gasteiger partial charge < -0.3 is 9.16 Å². The Kier molecular flexibility index (Phi) is 5.72. The van der Waals surface area contributed by atoms with Crippen molar-refractivity contribution >= 4 is 46.1 Å². The summed E-state index contributed by atoms with van der Waals surface area (Å²) in [6.07, 6.45) is 0. The highest BCUT2D eigenvalue weighted by molar-refractivity contribution is 9.11. The van der Waals surface area contributed by atoms with Crippen LogP contribution in [-0.2, 0) is 4.74 Å². The third kappa shape index (κ3) is 3.90. The first kappa shape index (κ1) is 18.7. The number of carbonyl (C=O) groups is 1. The lowest BCUT2D eigenvalue weighted by Gasteiger charge is -2.37. The smallest absolute Gasteiger partial charge is 0.341 e. The molecule has 0 aliphatic carbocycles.